The molecule has 6 nitrogen and oxygen atoms in total. The molecule has 1 saturated carbocycles. The molecule has 146 valence electrons. The molecule has 1 aromatic rings. The van der Waals surface area contributed by atoms with E-state index in [4.69, 9.17) is 0 Å². The molecule has 6 heteroatoms. The number of benzene rings is 1. The number of rotatable bonds is 5. The number of carbonyl (C=O) groups is 3. The molecule has 1 aliphatic carbocycles. The molecule has 2 atom stereocenters. The van der Waals surface area contributed by atoms with Crippen molar-refractivity contribution in [3.8, 4) is 0 Å². The topological polar surface area (TPSA) is 86.7 Å². The molecule has 0 bridgehead atoms. The summed E-state index contributed by atoms with van der Waals surface area (Å²) in [7, 11) is 0. The predicted molar refractivity (Wildman–Crippen MR) is 102 cm³/mol. The Morgan fingerprint density at radius 2 is 1.81 bits per heavy atom. The summed E-state index contributed by atoms with van der Waals surface area (Å²) in [5, 5.41) is 12.5. The maximum absolute atomic E-state index is 12.5. The molecular weight excluding hydrogens is 344 g/mol. The van der Waals surface area contributed by atoms with Gasteiger partial charge in [0.1, 0.15) is 0 Å². The van der Waals surface area contributed by atoms with Gasteiger partial charge in [-0.2, -0.15) is 0 Å². The van der Waals surface area contributed by atoms with E-state index in [1.807, 2.05) is 24.3 Å². The molecule has 0 aromatic heterocycles. The first-order valence-electron chi connectivity index (χ1n) is 9.96. The molecule has 1 heterocycles. The Balaban J connectivity index is 1.60. The summed E-state index contributed by atoms with van der Waals surface area (Å²) in [4.78, 5) is 38.1. The van der Waals surface area contributed by atoms with E-state index in [1.54, 1.807) is 4.90 Å². The van der Waals surface area contributed by atoms with E-state index in [0.717, 1.165) is 43.4 Å². The zero-order valence-electron chi connectivity index (χ0n) is 15.7. The van der Waals surface area contributed by atoms with Crippen LogP contribution in [0.1, 0.15) is 56.9 Å². The summed E-state index contributed by atoms with van der Waals surface area (Å²) in [5.74, 6) is -1.49. The van der Waals surface area contributed by atoms with Crippen LogP contribution in [0.4, 0.5) is 5.69 Å². The number of anilines is 1. The van der Waals surface area contributed by atoms with E-state index < -0.39 is 11.9 Å². The highest BCUT2D eigenvalue weighted by atomic mass is 16.4. The number of aliphatic carboxylic acids is 1. The Labute approximate surface area is 159 Å². The van der Waals surface area contributed by atoms with Crippen molar-refractivity contribution in [2.45, 2.75) is 63.8 Å². The van der Waals surface area contributed by atoms with Crippen molar-refractivity contribution in [2.24, 2.45) is 5.92 Å². The summed E-state index contributed by atoms with van der Waals surface area (Å²) in [6.45, 7) is 0.326. The maximum Gasteiger partial charge on any atom is 0.308 e. The van der Waals surface area contributed by atoms with Gasteiger partial charge in [-0.1, -0.05) is 43.9 Å². The van der Waals surface area contributed by atoms with Gasteiger partial charge in [0.2, 0.25) is 11.8 Å². The van der Waals surface area contributed by atoms with Crippen LogP contribution < -0.4 is 10.2 Å². The van der Waals surface area contributed by atoms with Gasteiger partial charge in [-0.25, -0.2) is 0 Å². The van der Waals surface area contributed by atoms with Crippen molar-refractivity contribution < 1.29 is 19.5 Å². The van der Waals surface area contributed by atoms with Crippen LogP contribution in [-0.4, -0.2) is 35.5 Å². The van der Waals surface area contributed by atoms with Gasteiger partial charge in [0.05, 0.1) is 5.92 Å². The number of nitrogens with zero attached hydrogens (tertiary/aromatic N) is 1. The number of aryl methyl sites for hydroxylation is 1. The summed E-state index contributed by atoms with van der Waals surface area (Å²) in [5.41, 5.74) is 2.01. The van der Waals surface area contributed by atoms with Gasteiger partial charge in [0, 0.05) is 31.1 Å². The first kappa shape index (κ1) is 19.4. The molecule has 2 unspecified atom stereocenters. The molecule has 0 saturated heterocycles. The molecule has 1 aromatic carbocycles. The van der Waals surface area contributed by atoms with Gasteiger partial charge < -0.3 is 15.3 Å². The lowest BCUT2D eigenvalue weighted by Crippen LogP contribution is -2.45. The number of fused-ring (bicyclic) bond motifs is 1. The van der Waals surface area contributed by atoms with E-state index in [0.29, 0.717) is 25.8 Å². The second-order valence-corrected chi connectivity index (χ2v) is 7.53. The largest absolute Gasteiger partial charge is 0.481 e. The Morgan fingerprint density at radius 3 is 2.59 bits per heavy atom. The number of carboxylic acid groups (broad SMARTS) is 1. The highest BCUT2D eigenvalue weighted by Crippen LogP contribution is 2.28. The number of carboxylic acids is 1. The van der Waals surface area contributed by atoms with Crippen LogP contribution in [0, 0.1) is 5.92 Å². The lowest BCUT2D eigenvalue weighted by atomic mass is 9.86. The molecule has 0 radical (unpaired) electrons. The quantitative estimate of drug-likeness (QED) is 0.832. The summed E-state index contributed by atoms with van der Waals surface area (Å²) >= 11 is 0. The second kappa shape index (κ2) is 9.02. The van der Waals surface area contributed by atoms with E-state index in [-0.39, 0.29) is 24.3 Å². The number of hydrogen-bond acceptors (Lipinski definition) is 3. The summed E-state index contributed by atoms with van der Waals surface area (Å²) < 4.78 is 0. The van der Waals surface area contributed by atoms with Crippen LogP contribution in [0.2, 0.25) is 0 Å². The first-order valence-corrected chi connectivity index (χ1v) is 9.96. The van der Waals surface area contributed by atoms with Crippen molar-refractivity contribution in [3.63, 3.8) is 0 Å². The number of amides is 2. The molecule has 2 amide bonds. The molecule has 2 N–H and O–H groups in total. The fourth-order valence-electron chi connectivity index (χ4n) is 4.19. The standard InChI is InChI=1S/C21H28N2O4/c24-19(22-17-9-4-2-1-3-8-16(17)21(26)27)13-14-23-18-10-6-5-7-15(18)11-12-20(23)25/h5-7,10,16-17H,1-4,8-9,11-14H2,(H,22,24)(H,26,27). The third kappa shape index (κ3) is 4.87. The highest BCUT2D eigenvalue weighted by molar-refractivity contribution is 5.97. The average Bonchev–Trinajstić information content (AvgIpc) is 2.63. The average molecular weight is 372 g/mol. The number of para-hydroxylation sites is 1. The number of nitrogens with one attached hydrogen (secondary N) is 1. The number of carbonyl (C=O) groups excluding carboxylic acids is 2. The van der Waals surface area contributed by atoms with Crippen LogP contribution in [0.5, 0.6) is 0 Å². The van der Waals surface area contributed by atoms with Crippen LogP contribution in [0.3, 0.4) is 0 Å². The van der Waals surface area contributed by atoms with Crippen molar-refractivity contribution >= 4 is 23.5 Å². The Kier molecular flexibility index (Phi) is 6.48. The van der Waals surface area contributed by atoms with Crippen molar-refractivity contribution in [1.29, 1.82) is 0 Å². The van der Waals surface area contributed by atoms with Crippen LogP contribution >= 0.6 is 0 Å². The third-order valence-electron chi connectivity index (χ3n) is 5.68. The minimum Gasteiger partial charge on any atom is -0.481 e. The van der Waals surface area contributed by atoms with Gasteiger partial charge in [-0.3, -0.25) is 14.4 Å². The van der Waals surface area contributed by atoms with Gasteiger partial charge in [0.25, 0.3) is 0 Å². The minimum atomic E-state index is -0.831. The molecular formula is C21H28N2O4. The van der Waals surface area contributed by atoms with Gasteiger partial charge in [-0.15, -0.1) is 0 Å². The van der Waals surface area contributed by atoms with E-state index in [2.05, 4.69) is 5.32 Å². The SMILES string of the molecule is O=C(CCN1C(=O)CCc2ccccc21)NC1CCCCCCC1C(=O)O. The Hall–Kier alpha value is -2.37. The van der Waals surface area contributed by atoms with Crippen LogP contribution in [-0.2, 0) is 20.8 Å². The van der Waals surface area contributed by atoms with Crippen LogP contribution in [0.15, 0.2) is 24.3 Å². The van der Waals surface area contributed by atoms with Gasteiger partial charge in [0.15, 0.2) is 0 Å². The zero-order valence-corrected chi connectivity index (χ0v) is 15.7. The van der Waals surface area contributed by atoms with Gasteiger partial charge in [-0.05, 0) is 30.9 Å². The molecule has 3 rings (SSSR count). The second-order valence-electron chi connectivity index (χ2n) is 7.53. The van der Waals surface area contributed by atoms with Crippen molar-refractivity contribution in [2.75, 3.05) is 11.4 Å². The smallest absolute Gasteiger partial charge is 0.308 e. The fraction of sp³-hybridized carbons (Fsp3) is 0.571. The normalized spacial score (nSPS) is 23.1. The number of hydrogen-bond donors (Lipinski definition) is 2. The highest BCUT2D eigenvalue weighted by Gasteiger charge is 2.30. The Bertz CT molecular complexity index is 703. The fourth-order valence-corrected chi connectivity index (χ4v) is 4.19. The van der Waals surface area contributed by atoms with Crippen molar-refractivity contribution in [1.82, 2.24) is 5.32 Å². The van der Waals surface area contributed by atoms with Crippen molar-refractivity contribution in [3.05, 3.63) is 29.8 Å². The lowest BCUT2D eigenvalue weighted by Gasteiger charge is -2.30. The van der Waals surface area contributed by atoms with Gasteiger partial charge >= 0.3 is 5.97 Å². The van der Waals surface area contributed by atoms with E-state index >= 15 is 0 Å². The predicted octanol–water partition coefficient (Wildman–Crippen LogP) is 2.90. The lowest BCUT2D eigenvalue weighted by molar-refractivity contribution is -0.143. The van der Waals surface area contributed by atoms with Crippen LogP contribution in [0.25, 0.3) is 0 Å². The zero-order chi connectivity index (χ0) is 19.2. The van der Waals surface area contributed by atoms with E-state index in [9.17, 15) is 19.5 Å². The summed E-state index contributed by atoms with van der Waals surface area (Å²) in [6, 6.07) is 7.47. The molecule has 1 aliphatic heterocycles. The molecule has 2 aliphatic rings. The molecule has 27 heavy (non-hydrogen) atoms. The minimum absolute atomic E-state index is 0.0378. The molecule has 0 spiro atoms. The first-order chi connectivity index (χ1) is 13.1. The monoisotopic (exact) mass is 372 g/mol. The summed E-state index contributed by atoms with van der Waals surface area (Å²) in [6.07, 6.45) is 6.66. The Morgan fingerprint density at radius 1 is 1.07 bits per heavy atom. The maximum atomic E-state index is 12.5. The molecule has 1 fully saturated rings. The van der Waals surface area contributed by atoms with E-state index in [1.165, 1.54) is 0 Å². The third-order valence-corrected chi connectivity index (χ3v) is 5.68.